The van der Waals surface area contributed by atoms with Gasteiger partial charge in [0.2, 0.25) is 5.69 Å². The molecule has 3 rings (SSSR count). The third-order valence-electron chi connectivity index (χ3n) is 3.01. The Labute approximate surface area is 117 Å². The number of hydrogen-bond acceptors (Lipinski definition) is 5. The first-order chi connectivity index (χ1) is 9.66. The van der Waals surface area contributed by atoms with Crippen molar-refractivity contribution in [1.29, 1.82) is 0 Å². The minimum atomic E-state index is -0.892. The number of nitrogens with one attached hydrogen (secondary N) is 2. The molecule has 0 bridgehead atoms. The van der Waals surface area contributed by atoms with Gasteiger partial charge in [-0.05, 0) is 9.95 Å². The molecule has 1 saturated heterocycles. The number of hydrogen-bond donors (Lipinski definition) is 3. The van der Waals surface area contributed by atoms with Gasteiger partial charge in [0, 0.05) is 18.7 Å². The van der Waals surface area contributed by atoms with Crippen LogP contribution in [-0.4, -0.2) is 28.1 Å². The van der Waals surface area contributed by atoms with Gasteiger partial charge in [-0.25, -0.2) is 4.79 Å². The van der Waals surface area contributed by atoms with Gasteiger partial charge in [-0.3, -0.25) is 14.6 Å². The van der Waals surface area contributed by atoms with Crippen LogP contribution in [0.3, 0.4) is 0 Å². The number of carbonyl (C=O) groups is 1. The molecule has 1 aliphatic rings. The SMILES string of the molecule is O=C(O)C1CNC(c2c(=O)o[nH][n+]2-c2ccccc2)S1. The Kier molecular flexibility index (Phi) is 3.33. The van der Waals surface area contributed by atoms with Crippen molar-refractivity contribution in [2.45, 2.75) is 10.6 Å². The van der Waals surface area contributed by atoms with Crippen LogP contribution < -0.4 is 15.6 Å². The Morgan fingerprint density at radius 2 is 2.15 bits per heavy atom. The molecule has 0 radical (unpaired) electrons. The number of aromatic amines is 1. The van der Waals surface area contributed by atoms with Crippen molar-refractivity contribution in [3.63, 3.8) is 0 Å². The highest BCUT2D eigenvalue weighted by atomic mass is 32.2. The van der Waals surface area contributed by atoms with Crippen molar-refractivity contribution in [2.75, 3.05) is 6.54 Å². The number of carboxylic acids is 1. The van der Waals surface area contributed by atoms with Gasteiger partial charge < -0.3 is 5.11 Å². The van der Waals surface area contributed by atoms with E-state index in [1.54, 1.807) is 0 Å². The summed E-state index contributed by atoms with van der Waals surface area (Å²) in [4.78, 5) is 22.8. The van der Waals surface area contributed by atoms with Gasteiger partial charge in [-0.1, -0.05) is 18.2 Å². The Balaban J connectivity index is 1.97. The van der Waals surface area contributed by atoms with Gasteiger partial charge in [-0.15, -0.1) is 11.8 Å². The first kappa shape index (κ1) is 12.9. The van der Waals surface area contributed by atoms with E-state index in [4.69, 9.17) is 9.63 Å². The molecular weight excluding hydrogens is 282 g/mol. The maximum absolute atomic E-state index is 11.9. The fraction of sp³-hybridized carbons (Fsp3) is 0.250. The van der Waals surface area contributed by atoms with Crippen LogP contribution in [0.4, 0.5) is 0 Å². The van der Waals surface area contributed by atoms with Crippen molar-refractivity contribution in [1.82, 2.24) is 10.6 Å². The molecule has 3 N–H and O–H groups in total. The van der Waals surface area contributed by atoms with Crippen molar-refractivity contribution >= 4 is 17.7 Å². The Morgan fingerprint density at radius 1 is 1.40 bits per heavy atom. The van der Waals surface area contributed by atoms with Gasteiger partial charge in [0.25, 0.3) is 0 Å². The molecule has 0 saturated carbocycles. The summed E-state index contributed by atoms with van der Waals surface area (Å²) in [5.74, 6) is -0.892. The van der Waals surface area contributed by atoms with Crippen LogP contribution in [0.5, 0.6) is 0 Å². The Hall–Kier alpha value is -2.06. The van der Waals surface area contributed by atoms with Crippen LogP contribution in [0.15, 0.2) is 39.6 Å². The predicted molar refractivity (Wildman–Crippen MR) is 70.6 cm³/mol. The first-order valence-corrected chi connectivity index (χ1v) is 6.91. The molecule has 1 aromatic heterocycles. The number of aliphatic carboxylic acids is 1. The summed E-state index contributed by atoms with van der Waals surface area (Å²) in [6.07, 6.45) is 0. The highest BCUT2D eigenvalue weighted by Crippen LogP contribution is 2.32. The maximum atomic E-state index is 11.9. The largest absolute Gasteiger partial charge is 0.480 e. The summed E-state index contributed by atoms with van der Waals surface area (Å²) in [6.45, 7) is 0.310. The summed E-state index contributed by atoms with van der Waals surface area (Å²) in [7, 11) is 0. The molecule has 2 aromatic rings. The molecule has 0 aliphatic carbocycles. The molecule has 0 spiro atoms. The van der Waals surface area contributed by atoms with Crippen LogP contribution >= 0.6 is 11.8 Å². The molecule has 1 aromatic carbocycles. The van der Waals surface area contributed by atoms with Gasteiger partial charge in [0.15, 0.2) is 5.37 Å². The summed E-state index contributed by atoms with van der Waals surface area (Å²) >= 11 is 1.19. The number of para-hydroxylation sites is 1. The fourth-order valence-electron chi connectivity index (χ4n) is 2.05. The average Bonchev–Trinajstić information content (AvgIpc) is 3.06. The Bertz CT molecular complexity index is 682. The smallest absolute Gasteiger partial charge is 0.433 e. The molecule has 104 valence electrons. The number of thioether (sulfide) groups is 1. The monoisotopic (exact) mass is 294 g/mol. The highest BCUT2D eigenvalue weighted by Gasteiger charge is 2.40. The lowest BCUT2D eigenvalue weighted by atomic mass is 10.3. The second-order valence-corrected chi connectivity index (χ2v) is 5.60. The zero-order valence-electron chi connectivity index (χ0n) is 10.3. The topological polar surface area (TPSA) is 99.2 Å². The maximum Gasteiger partial charge on any atom is 0.433 e. The minimum Gasteiger partial charge on any atom is -0.480 e. The zero-order chi connectivity index (χ0) is 14.1. The number of aromatic nitrogens is 2. The summed E-state index contributed by atoms with van der Waals surface area (Å²) in [5.41, 5.74) is 0.587. The molecule has 1 aliphatic heterocycles. The van der Waals surface area contributed by atoms with Crippen LogP contribution in [0, 0.1) is 0 Å². The van der Waals surface area contributed by atoms with E-state index >= 15 is 0 Å². The second kappa shape index (κ2) is 5.14. The quantitative estimate of drug-likeness (QED) is 0.691. The zero-order valence-corrected chi connectivity index (χ0v) is 11.1. The van der Waals surface area contributed by atoms with Crippen LogP contribution in [0.2, 0.25) is 0 Å². The summed E-state index contributed by atoms with van der Waals surface area (Å²) in [5, 5.41) is 13.6. The van der Waals surface area contributed by atoms with Crippen LogP contribution in [0.25, 0.3) is 5.69 Å². The molecule has 7 nitrogen and oxygen atoms in total. The lowest BCUT2D eigenvalue weighted by Crippen LogP contribution is -2.41. The third kappa shape index (κ3) is 2.23. The fourth-order valence-corrected chi connectivity index (χ4v) is 3.21. The molecule has 2 heterocycles. The number of rotatable bonds is 3. The molecule has 1 fully saturated rings. The predicted octanol–water partition coefficient (Wildman–Crippen LogP) is 0.0328. The molecular formula is C12H12N3O4S+. The van der Waals surface area contributed by atoms with Crippen molar-refractivity contribution in [3.8, 4) is 5.69 Å². The number of carboxylic acid groups (broad SMARTS) is 1. The molecule has 20 heavy (non-hydrogen) atoms. The minimum absolute atomic E-state index is 0.310. The lowest BCUT2D eigenvalue weighted by molar-refractivity contribution is -0.677. The van der Waals surface area contributed by atoms with Crippen molar-refractivity contribution < 1.29 is 19.1 Å². The van der Waals surface area contributed by atoms with Gasteiger partial charge in [-0.2, -0.15) is 0 Å². The van der Waals surface area contributed by atoms with Gasteiger partial charge in [0.05, 0.1) is 0 Å². The molecule has 2 unspecified atom stereocenters. The third-order valence-corrected chi connectivity index (χ3v) is 4.37. The van der Waals surface area contributed by atoms with E-state index < -0.39 is 22.2 Å². The molecule has 0 amide bonds. The molecule has 2 atom stereocenters. The number of H-pyrrole nitrogens is 1. The van der Waals surface area contributed by atoms with E-state index in [0.29, 0.717) is 12.2 Å². The van der Waals surface area contributed by atoms with E-state index in [9.17, 15) is 9.59 Å². The summed E-state index contributed by atoms with van der Waals surface area (Å²) < 4.78 is 6.36. The lowest BCUT2D eigenvalue weighted by Gasteiger charge is -2.02. The van der Waals surface area contributed by atoms with Gasteiger partial charge >= 0.3 is 17.3 Å². The van der Waals surface area contributed by atoms with Crippen LogP contribution in [-0.2, 0) is 4.79 Å². The van der Waals surface area contributed by atoms with Crippen molar-refractivity contribution in [3.05, 3.63) is 46.4 Å². The first-order valence-electron chi connectivity index (χ1n) is 5.97. The highest BCUT2D eigenvalue weighted by molar-refractivity contribution is 8.01. The van der Waals surface area contributed by atoms with Gasteiger partial charge in [0.1, 0.15) is 5.25 Å². The Morgan fingerprint density at radius 3 is 2.80 bits per heavy atom. The van der Waals surface area contributed by atoms with E-state index in [-0.39, 0.29) is 0 Å². The second-order valence-electron chi connectivity index (χ2n) is 4.29. The van der Waals surface area contributed by atoms with E-state index in [2.05, 4.69) is 10.6 Å². The number of nitrogens with zero attached hydrogens (tertiary/aromatic N) is 1. The normalized spacial score (nSPS) is 22.0. The summed E-state index contributed by atoms with van der Waals surface area (Å²) in [6, 6.07) is 9.19. The average molecular weight is 294 g/mol. The van der Waals surface area contributed by atoms with E-state index in [1.807, 2.05) is 30.3 Å². The molecule has 8 heteroatoms. The number of benzene rings is 1. The van der Waals surface area contributed by atoms with Crippen molar-refractivity contribution in [2.24, 2.45) is 0 Å². The standard InChI is InChI=1S/C12H11N3O4S/c16-11(17)8-6-13-10(20-8)9-12(18)19-14-15(9)7-4-2-1-3-5-7/h1-5,8,10,13H,6H2,(H-,14,16,17,18)/p+1. The van der Waals surface area contributed by atoms with E-state index in [1.165, 1.54) is 16.4 Å². The van der Waals surface area contributed by atoms with Crippen LogP contribution in [0.1, 0.15) is 11.1 Å². The van der Waals surface area contributed by atoms with E-state index in [0.717, 1.165) is 5.69 Å².